The van der Waals surface area contributed by atoms with Crippen LogP contribution in [0.1, 0.15) is 88.2 Å². The van der Waals surface area contributed by atoms with Crippen molar-refractivity contribution in [3.8, 4) is 6.07 Å². The van der Waals surface area contributed by atoms with Crippen molar-refractivity contribution in [3.63, 3.8) is 0 Å². The van der Waals surface area contributed by atoms with Crippen molar-refractivity contribution >= 4 is 11.6 Å². The van der Waals surface area contributed by atoms with Crippen LogP contribution in [0, 0.1) is 34.9 Å². The summed E-state index contributed by atoms with van der Waals surface area (Å²) in [5.41, 5.74) is 0.953. The first-order valence-corrected chi connectivity index (χ1v) is 10.4. The lowest BCUT2D eigenvalue weighted by Crippen LogP contribution is -2.25. The molecule has 0 aliphatic heterocycles. The van der Waals surface area contributed by atoms with E-state index in [2.05, 4.69) is 6.92 Å². The molecule has 25 heavy (non-hydrogen) atoms. The van der Waals surface area contributed by atoms with Crippen molar-refractivity contribution < 1.29 is 4.39 Å². The van der Waals surface area contributed by atoms with Gasteiger partial charge >= 0.3 is 0 Å². The molecule has 0 spiro atoms. The smallest absolute Gasteiger partial charge is 0.142 e. The Kier molecular flexibility index (Phi) is 6.39. The molecule has 136 valence electrons. The van der Waals surface area contributed by atoms with E-state index < -0.39 is 5.82 Å². The number of nitriles is 1. The van der Waals surface area contributed by atoms with E-state index in [4.69, 9.17) is 16.9 Å². The molecule has 2 fully saturated rings. The van der Waals surface area contributed by atoms with Gasteiger partial charge in [-0.1, -0.05) is 44.2 Å². The highest BCUT2D eigenvalue weighted by Gasteiger charge is 2.31. The van der Waals surface area contributed by atoms with Crippen LogP contribution in [-0.2, 0) is 0 Å². The van der Waals surface area contributed by atoms with Crippen LogP contribution in [0.3, 0.4) is 0 Å². The summed E-state index contributed by atoms with van der Waals surface area (Å²) in [7, 11) is 0. The average molecular weight is 362 g/mol. The first-order chi connectivity index (χ1) is 12.1. The maximum atomic E-state index is 14.0. The van der Waals surface area contributed by atoms with Gasteiger partial charge in [0.15, 0.2) is 0 Å². The highest BCUT2D eigenvalue weighted by Crippen LogP contribution is 2.45. The van der Waals surface area contributed by atoms with E-state index in [1.807, 2.05) is 12.1 Å². The Morgan fingerprint density at radius 2 is 1.64 bits per heavy atom. The first kappa shape index (κ1) is 18.7. The fraction of sp³-hybridized carbons (Fsp3) is 0.682. The van der Waals surface area contributed by atoms with E-state index >= 15 is 0 Å². The summed E-state index contributed by atoms with van der Waals surface area (Å²) in [4.78, 5) is 0. The molecule has 0 aromatic heterocycles. The Morgan fingerprint density at radius 1 is 1.04 bits per heavy atom. The van der Waals surface area contributed by atoms with E-state index in [9.17, 15) is 4.39 Å². The molecule has 1 aromatic carbocycles. The van der Waals surface area contributed by atoms with Gasteiger partial charge in [-0.25, -0.2) is 4.39 Å². The molecule has 0 atom stereocenters. The first-order valence-electron chi connectivity index (χ1n) is 10.0. The zero-order chi connectivity index (χ0) is 17.8. The van der Waals surface area contributed by atoms with Crippen LogP contribution in [0.2, 0.25) is 5.02 Å². The Labute approximate surface area is 156 Å². The molecule has 2 aliphatic rings. The number of hydrogen-bond acceptors (Lipinski definition) is 1. The lowest BCUT2D eigenvalue weighted by Gasteiger charge is -2.38. The third kappa shape index (κ3) is 4.37. The molecule has 2 saturated carbocycles. The second-order valence-electron chi connectivity index (χ2n) is 8.15. The third-order valence-electron chi connectivity index (χ3n) is 6.67. The van der Waals surface area contributed by atoms with Gasteiger partial charge in [-0.3, -0.25) is 0 Å². The van der Waals surface area contributed by atoms with Gasteiger partial charge in [-0.2, -0.15) is 5.26 Å². The van der Waals surface area contributed by atoms with E-state index in [-0.39, 0.29) is 10.6 Å². The van der Waals surface area contributed by atoms with Gasteiger partial charge in [-0.05, 0) is 79.9 Å². The van der Waals surface area contributed by atoms with Gasteiger partial charge in [-0.15, -0.1) is 0 Å². The molecule has 3 heteroatoms. The van der Waals surface area contributed by atoms with Crippen molar-refractivity contribution in [2.45, 2.75) is 77.0 Å². The van der Waals surface area contributed by atoms with Gasteiger partial charge in [0.2, 0.25) is 0 Å². The molecule has 0 N–H and O–H groups in total. The van der Waals surface area contributed by atoms with Crippen molar-refractivity contribution in [3.05, 3.63) is 34.1 Å². The molecule has 2 aliphatic carbocycles. The van der Waals surface area contributed by atoms with E-state index in [1.165, 1.54) is 57.4 Å². The van der Waals surface area contributed by atoms with Gasteiger partial charge in [0.1, 0.15) is 17.4 Å². The Morgan fingerprint density at radius 3 is 2.16 bits per heavy atom. The van der Waals surface area contributed by atoms with Crippen molar-refractivity contribution in [1.29, 1.82) is 5.26 Å². The zero-order valence-corrected chi connectivity index (χ0v) is 16.0. The number of hydrogen-bond donors (Lipinski definition) is 0. The summed E-state index contributed by atoms with van der Waals surface area (Å²) >= 11 is 6.08. The normalized spacial score (nSPS) is 30.0. The van der Waals surface area contributed by atoms with Gasteiger partial charge in [0.25, 0.3) is 0 Å². The van der Waals surface area contributed by atoms with E-state index in [1.54, 1.807) is 0 Å². The Balaban J connectivity index is 1.55. The molecule has 0 radical (unpaired) electrons. The molecule has 0 bridgehead atoms. The summed E-state index contributed by atoms with van der Waals surface area (Å²) in [6, 6.07) is 5.19. The summed E-state index contributed by atoms with van der Waals surface area (Å²) in [6.07, 6.45) is 13.2. The topological polar surface area (TPSA) is 23.8 Å². The quantitative estimate of drug-likeness (QED) is 0.554. The highest BCUT2D eigenvalue weighted by molar-refractivity contribution is 6.31. The maximum absolute atomic E-state index is 14.0. The summed E-state index contributed by atoms with van der Waals surface area (Å²) in [6.45, 7) is 2.30. The Bertz CT molecular complexity index is 596. The third-order valence-corrected chi connectivity index (χ3v) is 6.97. The number of benzene rings is 1. The monoisotopic (exact) mass is 361 g/mol. The lowest BCUT2D eigenvalue weighted by molar-refractivity contribution is 0.156. The van der Waals surface area contributed by atoms with Crippen molar-refractivity contribution in [2.75, 3.05) is 0 Å². The molecule has 0 unspecified atom stereocenters. The van der Waals surface area contributed by atoms with Crippen LogP contribution in [-0.4, -0.2) is 0 Å². The number of rotatable bonds is 4. The second-order valence-corrected chi connectivity index (χ2v) is 8.56. The lowest BCUT2D eigenvalue weighted by atomic mass is 9.68. The fourth-order valence-electron chi connectivity index (χ4n) is 5.22. The fourth-order valence-corrected chi connectivity index (χ4v) is 5.47. The van der Waals surface area contributed by atoms with E-state index in [0.717, 1.165) is 36.2 Å². The SMILES string of the molecule is CCC[C@H]1CC[C@H]([C@H]2CC[C@H](c3cc(F)c(C#N)c(Cl)c3)CC2)CC1. The molecule has 1 aromatic rings. The minimum Gasteiger partial charge on any atom is -0.205 e. The van der Waals surface area contributed by atoms with Crippen LogP contribution in [0.15, 0.2) is 12.1 Å². The largest absolute Gasteiger partial charge is 0.205 e. The average Bonchev–Trinajstić information content (AvgIpc) is 2.62. The molecular weight excluding hydrogens is 333 g/mol. The van der Waals surface area contributed by atoms with Gasteiger partial charge in [0, 0.05) is 0 Å². The summed E-state index contributed by atoms with van der Waals surface area (Å²) in [5.74, 6) is 2.67. The Hall–Kier alpha value is -1.07. The molecular formula is C22H29ClFN. The van der Waals surface area contributed by atoms with E-state index in [0.29, 0.717) is 5.92 Å². The molecule has 0 amide bonds. The standard InChI is InChI=1S/C22H29ClFN/c1-2-3-15-4-6-16(7-5-15)17-8-10-18(11-9-17)19-12-21(23)20(14-25)22(24)13-19/h12-13,15-18H,2-11H2,1H3/t15-,16-,17-,18-. The molecule has 1 nitrogen and oxygen atoms in total. The van der Waals surface area contributed by atoms with Gasteiger partial charge < -0.3 is 0 Å². The highest BCUT2D eigenvalue weighted by atomic mass is 35.5. The molecule has 0 heterocycles. The van der Waals surface area contributed by atoms with Crippen molar-refractivity contribution in [2.24, 2.45) is 17.8 Å². The molecule has 3 rings (SSSR count). The number of nitrogens with zero attached hydrogens (tertiary/aromatic N) is 1. The van der Waals surface area contributed by atoms with Crippen LogP contribution in [0.4, 0.5) is 4.39 Å². The zero-order valence-electron chi connectivity index (χ0n) is 15.2. The minimum atomic E-state index is -0.471. The maximum Gasteiger partial charge on any atom is 0.142 e. The number of halogens is 2. The predicted octanol–water partition coefficient (Wildman–Crippen LogP) is 7.23. The second kappa shape index (κ2) is 8.54. The minimum absolute atomic E-state index is 0.0251. The summed E-state index contributed by atoms with van der Waals surface area (Å²) < 4.78 is 14.0. The van der Waals surface area contributed by atoms with Crippen LogP contribution >= 0.6 is 11.6 Å². The van der Waals surface area contributed by atoms with Gasteiger partial charge in [0.05, 0.1) is 5.02 Å². The predicted molar refractivity (Wildman–Crippen MR) is 101 cm³/mol. The summed E-state index contributed by atoms with van der Waals surface area (Å²) in [5, 5.41) is 9.22. The van der Waals surface area contributed by atoms with Crippen LogP contribution < -0.4 is 0 Å². The molecule has 0 saturated heterocycles. The van der Waals surface area contributed by atoms with Crippen LogP contribution in [0.5, 0.6) is 0 Å². The van der Waals surface area contributed by atoms with Crippen LogP contribution in [0.25, 0.3) is 0 Å². The van der Waals surface area contributed by atoms with Crippen molar-refractivity contribution in [1.82, 2.24) is 0 Å².